The maximum atomic E-state index is 9.66. The molecule has 3 nitrogen and oxygen atoms in total. The first-order valence-electron chi connectivity index (χ1n) is 4.38. The molecular weight excluding hydrogens is 152 g/mol. The average Bonchev–Trinajstić information content (AvgIpc) is 2.31. The molecule has 1 N–H and O–H groups in total. The minimum atomic E-state index is -0.538. The van der Waals surface area contributed by atoms with Crippen molar-refractivity contribution in [1.82, 2.24) is 4.90 Å². The molecule has 0 aromatic heterocycles. The summed E-state index contributed by atoms with van der Waals surface area (Å²) >= 11 is 0. The number of nitriles is 1. The number of hydrogen-bond acceptors (Lipinski definition) is 3. The van der Waals surface area contributed by atoms with Crippen LogP contribution in [0.15, 0.2) is 0 Å². The third-order valence-corrected chi connectivity index (χ3v) is 2.49. The van der Waals surface area contributed by atoms with E-state index in [9.17, 15) is 5.11 Å². The maximum Gasteiger partial charge on any atom is 0.0758 e. The van der Waals surface area contributed by atoms with Crippen LogP contribution in [0.2, 0.25) is 0 Å². The standard InChI is InChI=1S/C9H16N2O/c1-8(3-5-10)11-6-4-9(2,12)7-11/h8,12H,3-4,6-7H2,1-2H3. The number of rotatable bonds is 2. The Morgan fingerprint density at radius 1 is 1.75 bits per heavy atom. The second-order valence-electron chi connectivity index (χ2n) is 3.93. The van der Waals surface area contributed by atoms with Crippen LogP contribution in [-0.4, -0.2) is 34.7 Å². The summed E-state index contributed by atoms with van der Waals surface area (Å²) in [7, 11) is 0. The van der Waals surface area contributed by atoms with Gasteiger partial charge >= 0.3 is 0 Å². The molecule has 3 heteroatoms. The molecule has 1 rings (SSSR count). The maximum absolute atomic E-state index is 9.66. The molecule has 1 aliphatic heterocycles. The molecule has 12 heavy (non-hydrogen) atoms. The van der Waals surface area contributed by atoms with Crippen molar-refractivity contribution in [1.29, 1.82) is 5.26 Å². The molecular formula is C9H16N2O. The van der Waals surface area contributed by atoms with E-state index >= 15 is 0 Å². The second kappa shape index (κ2) is 3.42. The Morgan fingerprint density at radius 3 is 2.83 bits per heavy atom. The number of aliphatic hydroxyl groups is 1. The molecule has 1 aliphatic rings. The minimum absolute atomic E-state index is 0.281. The first-order chi connectivity index (χ1) is 5.55. The molecule has 0 amide bonds. The van der Waals surface area contributed by atoms with Crippen LogP contribution in [0.4, 0.5) is 0 Å². The molecule has 1 heterocycles. The van der Waals surface area contributed by atoms with Crippen molar-refractivity contribution in [3.8, 4) is 6.07 Å². The van der Waals surface area contributed by atoms with Crippen molar-refractivity contribution in [3.05, 3.63) is 0 Å². The zero-order chi connectivity index (χ0) is 9.19. The molecule has 0 aliphatic carbocycles. The predicted octanol–water partition coefficient (Wildman–Crippen LogP) is 0.745. The van der Waals surface area contributed by atoms with E-state index in [1.807, 2.05) is 13.8 Å². The number of likely N-dealkylation sites (tertiary alicyclic amines) is 1. The molecule has 2 unspecified atom stereocenters. The highest BCUT2D eigenvalue weighted by Gasteiger charge is 2.33. The lowest BCUT2D eigenvalue weighted by Crippen LogP contribution is -2.35. The third kappa shape index (κ3) is 2.20. The molecule has 0 bridgehead atoms. The number of hydrogen-bond donors (Lipinski definition) is 1. The van der Waals surface area contributed by atoms with Crippen LogP contribution in [0.1, 0.15) is 26.7 Å². The molecule has 0 saturated carbocycles. The van der Waals surface area contributed by atoms with E-state index in [4.69, 9.17) is 5.26 Å². The van der Waals surface area contributed by atoms with Crippen molar-refractivity contribution >= 4 is 0 Å². The fourth-order valence-corrected chi connectivity index (χ4v) is 1.62. The van der Waals surface area contributed by atoms with E-state index in [1.54, 1.807) is 0 Å². The van der Waals surface area contributed by atoms with E-state index in [1.165, 1.54) is 0 Å². The lowest BCUT2D eigenvalue weighted by molar-refractivity contribution is 0.0637. The fraction of sp³-hybridized carbons (Fsp3) is 0.889. The van der Waals surface area contributed by atoms with Gasteiger partial charge in [-0.15, -0.1) is 0 Å². The highest BCUT2D eigenvalue weighted by atomic mass is 16.3. The van der Waals surface area contributed by atoms with Gasteiger partial charge < -0.3 is 5.11 Å². The Morgan fingerprint density at radius 2 is 2.42 bits per heavy atom. The van der Waals surface area contributed by atoms with Gasteiger partial charge in [0.05, 0.1) is 18.1 Å². The largest absolute Gasteiger partial charge is 0.389 e. The minimum Gasteiger partial charge on any atom is -0.389 e. The zero-order valence-corrected chi connectivity index (χ0v) is 7.75. The van der Waals surface area contributed by atoms with Crippen molar-refractivity contribution in [2.75, 3.05) is 13.1 Å². The van der Waals surface area contributed by atoms with Gasteiger partial charge in [-0.3, -0.25) is 4.90 Å². The van der Waals surface area contributed by atoms with Crippen molar-refractivity contribution in [3.63, 3.8) is 0 Å². The van der Waals surface area contributed by atoms with E-state index in [-0.39, 0.29) is 6.04 Å². The Bertz CT molecular complexity index is 195. The molecule has 1 fully saturated rings. The number of nitrogens with zero attached hydrogens (tertiary/aromatic N) is 2. The van der Waals surface area contributed by atoms with Gasteiger partial charge in [0.1, 0.15) is 0 Å². The number of β-amino-alcohol motifs (C(OH)–C–C–N with tert-alkyl or cyclic N) is 1. The van der Waals surface area contributed by atoms with Gasteiger partial charge in [0.15, 0.2) is 0 Å². The quantitative estimate of drug-likeness (QED) is 0.661. The smallest absolute Gasteiger partial charge is 0.0758 e. The molecule has 68 valence electrons. The Balaban J connectivity index is 2.42. The SMILES string of the molecule is CC(CC#N)N1CCC(C)(O)C1. The molecule has 0 spiro atoms. The van der Waals surface area contributed by atoms with E-state index in [2.05, 4.69) is 11.0 Å². The van der Waals surface area contributed by atoms with E-state index in [0.29, 0.717) is 13.0 Å². The highest BCUT2D eigenvalue weighted by molar-refractivity contribution is 4.90. The third-order valence-electron chi connectivity index (χ3n) is 2.49. The second-order valence-corrected chi connectivity index (χ2v) is 3.93. The molecule has 2 atom stereocenters. The van der Waals surface area contributed by atoms with Crippen molar-refractivity contribution in [2.45, 2.75) is 38.3 Å². The predicted molar refractivity (Wildman–Crippen MR) is 46.5 cm³/mol. The van der Waals surface area contributed by atoms with E-state index < -0.39 is 5.60 Å². The average molecular weight is 168 g/mol. The monoisotopic (exact) mass is 168 g/mol. The summed E-state index contributed by atoms with van der Waals surface area (Å²) in [6.07, 6.45) is 1.37. The van der Waals surface area contributed by atoms with Crippen LogP contribution in [0.5, 0.6) is 0 Å². The Kier molecular flexibility index (Phi) is 2.71. The lowest BCUT2D eigenvalue weighted by atomic mass is 10.1. The van der Waals surface area contributed by atoms with Gasteiger partial charge in [0.2, 0.25) is 0 Å². The van der Waals surface area contributed by atoms with Crippen LogP contribution >= 0.6 is 0 Å². The first kappa shape index (κ1) is 9.50. The van der Waals surface area contributed by atoms with Gasteiger partial charge in [-0.2, -0.15) is 5.26 Å². The van der Waals surface area contributed by atoms with Gasteiger partial charge in [-0.25, -0.2) is 0 Å². The van der Waals surface area contributed by atoms with Crippen molar-refractivity contribution in [2.24, 2.45) is 0 Å². The van der Waals surface area contributed by atoms with Crippen LogP contribution in [0.25, 0.3) is 0 Å². The Hall–Kier alpha value is -0.590. The topological polar surface area (TPSA) is 47.3 Å². The zero-order valence-electron chi connectivity index (χ0n) is 7.75. The van der Waals surface area contributed by atoms with Gasteiger partial charge in [0, 0.05) is 19.1 Å². The normalized spacial score (nSPS) is 33.2. The molecule has 0 aromatic rings. The summed E-state index contributed by atoms with van der Waals surface area (Å²) in [5, 5.41) is 18.1. The lowest BCUT2D eigenvalue weighted by Gasteiger charge is -2.23. The molecule has 1 saturated heterocycles. The summed E-state index contributed by atoms with van der Waals surface area (Å²) in [5.41, 5.74) is -0.538. The van der Waals surface area contributed by atoms with Crippen LogP contribution in [-0.2, 0) is 0 Å². The van der Waals surface area contributed by atoms with Gasteiger partial charge in [-0.05, 0) is 20.3 Å². The molecule has 0 aromatic carbocycles. The van der Waals surface area contributed by atoms with Crippen LogP contribution in [0, 0.1) is 11.3 Å². The van der Waals surface area contributed by atoms with Crippen LogP contribution < -0.4 is 0 Å². The van der Waals surface area contributed by atoms with Gasteiger partial charge in [0.25, 0.3) is 0 Å². The fourth-order valence-electron chi connectivity index (χ4n) is 1.62. The van der Waals surface area contributed by atoms with Gasteiger partial charge in [-0.1, -0.05) is 0 Å². The van der Waals surface area contributed by atoms with Crippen molar-refractivity contribution < 1.29 is 5.11 Å². The summed E-state index contributed by atoms with van der Waals surface area (Å²) in [6.45, 7) is 5.50. The Labute approximate surface area is 73.6 Å². The summed E-state index contributed by atoms with van der Waals surface area (Å²) in [5.74, 6) is 0. The highest BCUT2D eigenvalue weighted by Crippen LogP contribution is 2.22. The summed E-state index contributed by atoms with van der Waals surface area (Å²) < 4.78 is 0. The summed E-state index contributed by atoms with van der Waals surface area (Å²) in [6, 6.07) is 2.43. The molecule has 0 radical (unpaired) electrons. The summed E-state index contributed by atoms with van der Waals surface area (Å²) in [4.78, 5) is 2.17. The van der Waals surface area contributed by atoms with E-state index in [0.717, 1.165) is 13.0 Å². The first-order valence-corrected chi connectivity index (χ1v) is 4.38. The van der Waals surface area contributed by atoms with Crippen LogP contribution in [0.3, 0.4) is 0 Å².